The fourth-order valence-electron chi connectivity index (χ4n) is 1.77. The Hall–Kier alpha value is -2.54. The second-order valence-corrected chi connectivity index (χ2v) is 8.07. The monoisotopic (exact) mass is 404 g/mol. The van der Waals surface area contributed by atoms with Crippen molar-refractivity contribution in [2.24, 2.45) is 0 Å². The zero-order valence-electron chi connectivity index (χ0n) is 13.5. The average molecular weight is 404 g/mol. The summed E-state index contributed by atoms with van der Waals surface area (Å²) in [5.74, 6) is -0.318. The van der Waals surface area contributed by atoms with Crippen LogP contribution in [0.15, 0.2) is 47.4 Å². The topological polar surface area (TPSA) is 199 Å². The first-order valence-electron chi connectivity index (χ1n) is 7.05. The van der Waals surface area contributed by atoms with E-state index in [2.05, 4.69) is 5.32 Å². The molecule has 0 heterocycles. The molecule has 2 aromatic carbocycles. The van der Waals surface area contributed by atoms with Crippen LogP contribution in [0.5, 0.6) is 0 Å². The summed E-state index contributed by atoms with van der Waals surface area (Å²) in [5.41, 5.74) is 17.7. The van der Waals surface area contributed by atoms with Crippen LogP contribution in [-0.2, 0) is 20.2 Å². The second kappa shape index (κ2) is 8.71. The zero-order valence-corrected chi connectivity index (χ0v) is 15.2. The van der Waals surface area contributed by atoms with Gasteiger partial charge in [0.1, 0.15) is 4.90 Å². The van der Waals surface area contributed by atoms with E-state index < -0.39 is 20.2 Å². The second-order valence-electron chi connectivity index (χ2n) is 5.11. The number of benzene rings is 2. The minimum atomic E-state index is -4.23. The molecule has 0 bridgehead atoms. The van der Waals surface area contributed by atoms with Crippen LogP contribution in [0.2, 0.25) is 0 Å². The van der Waals surface area contributed by atoms with Crippen LogP contribution < -0.4 is 22.5 Å². The predicted molar refractivity (Wildman–Crippen MR) is 101 cm³/mol. The van der Waals surface area contributed by atoms with Gasteiger partial charge in [0.05, 0.1) is 11.4 Å². The summed E-state index contributed by atoms with van der Waals surface area (Å²) in [7, 11) is -8.13. The van der Waals surface area contributed by atoms with Gasteiger partial charge >= 0.3 is 0 Å². The van der Waals surface area contributed by atoms with Crippen LogP contribution in [0.1, 0.15) is 0 Å². The Balaban J connectivity index is 0.000000263. The minimum absolute atomic E-state index is 0.0579. The lowest BCUT2D eigenvalue weighted by Crippen LogP contribution is -2.14. The highest BCUT2D eigenvalue weighted by Crippen LogP contribution is 2.20. The van der Waals surface area contributed by atoms with Gasteiger partial charge in [0.2, 0.25) is 0 Å². The molecule has 2 aromatic rings. The van der Waals surface area contributed by atoms with Gasteiger partial charge in [0, 0.05) is 23.6 Å². The fourth-order valence-corrected chi connectivity index (χ4v) is 2.73. The zero-order chi connectivity index (χ0) is 20.0. The molecule has 0 radical (unpaired) electrons. The van der Waals surface area contributed by atoms with E-state index >= 15 is 0 Å². The lowest BCUT2D eigenvalue weighted by molar-refractivity contribution is 0.481. The van der Waals surface area contributed by atoms with Crippen molar-refractivity contribution in [3.63, 3.8) is 0 Å². The van der Waals surface area contributed by atoms with Crippen LogP contribution in [-0.4, -0.2) is 38.2 Å². The van der Waals surface area contributed by atoms with Crippen LogP contribution in [0.4, 0.5) is 22.7 Å². The van der Waals surface area contributed by atoms with Gasteiger partial charge in [-0.15, -0.1) is 0 Å². The third-order valence-electron chi connectivity index (χ3n) is 2.89. The Morgan fingerprint density at radius 2 is 1.50 bits per heavy atom. The molecule has 0 aromatic heterocycles. The number of nitrogens with two attached hydrogens (primary N) is 3. The summed E-state index contributed by atoms with van der Waals surface area (Å²) in [6, 6.07) is 10.7. The van der Waals surface area contributed by atoms with Crippen LogP contribution in [0.3, 0.4) is 0 Å². The van der Waals surface area contributed by atoms with E-state index in [1.54, 1.807) is 24.3 Å². The molecule has 0 saturated carbocycles. The van der Waals surface area contributed by atoms with Gasteiger partial charge in [-0.3, -0.25) is 9.11 Å². The highest BCUT2D eigenvalue weighted by molar-refractivity contribution is 7.86. The van der Waals surface area contributed by atoms with Gasteiger partial charge in [0.15, 0.2) is 0 Å². The Bertz CT molecular complexity index is 961. The maximum Gasteiger partial charge on any atom is 0.296 e. The van der Waals surface area contributed by atoms with Crippen LogP contribution >= 0.6 is 0 Å². The third kappa shape index (κ3) is 8.02. The Labute approximate surface area is 151 Å². The van der Waals surface area contributed by atoms with Gasteiger partial charge < -0.3 is 22.5 Å². The molecule has 2 rings (SSSR count). The number of anilines is 4. The molecule has 26 heavy (non-hydrogen) atoms. The van der Waals surface area contributed by atoms with Crippen molar-refractivity contribution in [2.75, 3.05) is 34.8 Å². The first kappa shape index (κ1) is 21.5. The van der Waals surface area contributed by atoms with E-state index in [1.807, 2.05) is 0 Å². The maximum atomic E-state index is 10.6. The molecule has 144 valence electrons. The number of nitrogens with one attached hydrogen (secondary N) is 1. The normalized spacial score (nSPS) is 11.3. The largest absolute Gasteiger partial charge is 0.399 e. The highest BCUT2D eigenvalue weighted by Gasteiger charge is 2.12. The standard InChI is InChI=1S/C8H12N2O3S.C6H8N2O3S/c9-7-2-1-3-8(6-7)10-4-5-14(11,12)13;7-4-1-2-6(5(8)3-4)12(9,10)11/h1-3,6,10H,4-5,9H2,(H,11,12,13);1-3H,7-8H2,(H,9,10,11). The SMILES string of the molecule is Nc1ccc(S(=O)(=O)O)c(N)c1.Nc1cccc(NCCS(=O)(=O)O)c1. The Morgan fingerprint density at radius 3 is 2.00 bits per heavy atom. The van der Waals surface area contributed by atoms with Crippen molar-refractivity contribution in [1.29, 1.82) is 0 Å². The van der Waals surface area contributed by atoms with Crippen molar-refractivity contribution >= 4 is 43.0 Å². The molecule has 0 aliphatic rings. The Kier molecular flexibility index (Phi) is 7.20. The van der Waals surface area contributed by atoms with E-state index in [4.69, 9.17) is 26.3 Å². The molecule has 0 spiro atoms. The van der Waals surface area contributed by atoms with Gasteiger partial charge in [-0.05, 0) is 36.4 Å². The molecule has 0 amide bonds. The van der Waals surface area contributed by atoms with Crippen molar-refractivity contribution in [1.82, 2.24) is 0 Å². The summed E-state index contributed by atoms with van der Waals surface area (Å²) in [6.45, 7) is 0.155. The van der Waals surface area contributed by atoms with Crippen molar-refractivity contribution in [3.8, 4) is 0 Å². The number of rotatable bonds is 5. The molecule has 0 aliphatic heterocycles. The molecule has 0 atom stereocenters. The van der Waals surface area contributed by atoms with Crippen LogP contribution in [0, 0.1) is 0 Å². The molecule has 0 aliphatic carbocycles. The number of hydrogen-bond acceptors (Lipinski definition) is 8. The summed E-state index contributed by atoms with van der Waals surface area (Å²) in [6.07, 6.45) is 0. The van der Waals surface area contributed by atoms with Crippen LogP contribution in [0.25, 0.3) is 0 Å². The van der Waals surface area contributed by atoms with E-state index in [9.17, 15) is 16.8 Å². The molecular formula is C14H20N4O6S2. The van der Waals surface area contributed by atoms with E-state index in [1.165, 1.54) is 12.1 Å². The average Bonchev–Trinajstić information content (AvgIpc) is 2.45. The van der Waals surface area contributed by atoms with Crippen molar-refractivity contribution < 1.29 is 25.9 Å². The molecular weight excluding hydrogens is 384 g/mol. The predicted octanol–water partition coefficient (Wildman–Crippen LogP) is 0.666. The smallest absolute Gasteiger partial charge is 0.296 e. The first-order chi connectivity index (χ1) is 11.9. The fraction of sp³-hybridized carbons (Fsp3) is 0.143. The van der Waals surface area contributed by atoms with Gasteiger partial charge in [-0.2, -0.15) is 16.8 Å². The molecule has 12 heteroatoms. The summed E-state index contributed by atoms with van der Waals surface area (Å²) in [4.78, 5) is -0.322. The Morgan fingerprint density at radius 1 is 0.885 bits per heavy atom. The third-order valence-corrected chi connectivity index (χ3v) is 4.54. The lowest BCUT2D eigenvalue weighted by Gasteiger charge is -2.05. The van der Waals surface area contributed by atoms with Crippen molar-refractivity contribution in [3.05, 3.63) is 42.5 Å². The van der Waals surface area contributed by atoms with E-state index in [-0.39, 0.29) is 22.9 Å². The molecule has 0 fully saturated rings. The van der Waals surface area contributed by atoms with Gasteiger partial charge in [0.25, 0.3) is 20.2 Å². The molecule has 9 N–H and O–H groups in total. The molecule has 0 saturated heterocycles. The van der Waals surface area contributed by atoms with Crippen molar-refractivity contribution in [2.45, 2.75) is 4.90 Å². The summed E-state index contributed by atoms with van der Waals surface area (Å²) in [5, 5.41) is 2.82. The first-order valence-corrected chi connectivity index (χ1v) is 10.1. The molecule has 10 nitrogen and oxygen atoms in total. The van der Waals surface area contributed by atoms with E-state index in [0.29, 0.717) is 11.4 Å². The summed E-state index contributed by atoms with van der Waals surface area (Å²) < 4.78 is 59.0. The lowest BCUT2D eigenvalue weighted by atomic mass is 10.3. The number of hydrogen-bond donors (Lipinski definition) is 6. The minimum Gasteiger partial charge on any atom is -0.399 e. The highest BCUT2D eigenvalue weighted by atomic mass is 32.2. The van der Waals surface area contributed by atoms with E-state index in [0.717, 1.165) is 11.8 Å². The quantitative estimate of drug-likeness (QED) is 0.304. The summed E-state index contributed by atoms with van der Waals surface area (Å²) >= 11 is 0. The molecule has 0 unspecified atom stereocenters. The van der Waals surface area contributed by atoms with Gasteiger partial charge in [-0.25, -0.2) is 0 Å². The maximum absolute atomic E-state index is 10.6. The van der Waals surface area contributed by atoms with Gasteiger partial charge in [-0.1, -0.05) is 6.07 Å². The number of nitrogen functional groups attached to an aromatic ring is 3.